The molecule has 9 heteroatoms. The zero-order valence-electron chi connectivity index (χ0n) is 18.5. The van der Waals surface area contributed by atoms with Gasteiger partial charge in [-0.1, -0.05) is 12.1 Å². The molecule has 0 unspecified atom stereocenters. The first kappa shape index (κ1) is 19.9. The van der Waals surface area contributed by atoms with Crippen LogP contribution in [0.4, 0.5) is 10.6 Å². The van der Waals surface area contributed by atoms with Gasteiger partial charge >= 0.3 is 6.03 Å². The van der Waals surface area contributed by atoms with E-state index in [0.717, 1.165) is 47.2 Å². The van der Waals surface area contributed by atoms with Gasteiger partial charge in [0, 0.05) is 41.2 Å². The minimum Gasteiger partial charge on any atom is -0.439 e. The Hall–Kier alpha value is -3.72. The van der Waals surface area contributed by atoms with Crippen molar-refractivity contribution >= 4 is 22.8 Å². The van der Waals surface area contributed by atoms with Gasteiger partial charge in [-0.3, -0.25) is 9.88 Å². The number of ether oxygens (including phenoxy) is 1. The van der Waals surface area contributed by atoms with Gasteiger partial charge in [-0.2, -0.15) is 0 Å². The Morgan fingerprint density at radius 2 is 2.15 bits per heavy atom. The Bertz CT molecular complexity index is 1370. The highest BCUT2D eigenvalue weighted by Gasteiger charge is 2.43. The van der Waals surface area contributed by atoms with Crippen LogP contribution in [0.3, 0.4) is 0 Å². The van der Waals surface area contributed by atoms with Crippen molar-refractivity contribution in [3.8, 4) is 11.6 Å². The van der Waals surface area contributed by atoms with Gasteiger partial charge in [0.25, 0.3) is 0 Å². The molecule has 0 bridgehead atoms. The fourth-order valence-electron chi connectivity index (χ4n) is 4.22. The monoisotopic (exact) mass is 444 g/mol. The number of benzene rings is 1. The Kier molecular flexibility index (Phi) is 4.48. The van der Waals surface area contributed by atoms with Crippen LogP contribution in [0.25, 0.3) is 10.9 Å². The van der Waals surface area contributed by atoms with Crippen LogP contribution >= 0.6 is 0 Å². The van der Waals surface area contributed by atoms with E-state index in [9.17, 15) is 4.79 Å². The van der Waals surface area contributed by atoms with Gasteiger partial charge in [-0.25, -0.2) is 14.8 Å². The largest absolute Gasteiger partial charge is 0.439 e. The molecule has 1 aliphatic carbocycles. The van der Waals surface area contributed by atoms with Gasteiger partial charge in [0.1, 0.15) is 17.8 Å². The molecule has 3 aromatic heterocycles. The van der Waals surface area contributed by atoms with Gasteiger partial charge in [0.15, 0.2) is 5.82 Å². The number of amides is 1. The average Bonchev–Trinajstić information content (AvgIpc) is 3.20. The van der Waals surface area contributed by atoms with Crippen LogP contribution in [0.1, 0.15) is 43.7 Å². The molecule has 6 rings (SSSR count). The van der Waals surface area contributed by atoms with Crippen molar-refractivity contribution in [3.05, 3.63) is 59.9 Å². The summed E-state index contributed by atoms with van der Waals surface area (Å²) in [6.45, 7) is 4.97. The zero-order valence-corrected chi connectivity index (χ0v) is 18.5. The molecule has 4 aromatic rings. The number of carbonyl (C=O) groups is 1. The number of rotatable bonds is 4. The summed E-state index contributed by atoms with van der Waals surface area (Å²) < 4.78 is 13.1. The molecule has 168 valence electrons. The average molecular weight is 444 g/mol. The minimum absolute atomic E-state index is 0.0595. The fourth-order valence-corrected chi connectivity index (χ4v) is 4.22. The molecule has 1 aromatic carbocycles. The molecule has 1 fully saturated rings. The Morgan fingerprint density at radius 3 is 3.00 bits per heavy atom. The lowest BCUT2D eigenvalue weighted by Gasteiger charge is -2.23. The topological polar surface area (TPSA) is 107 Å². The summed E-state index contributed by atoms with van der Waals surface area (Å²) >= 11 is 0. The lowest BCUT2D eigenvalue weighted by molar-refractivity contribution is 0.254. The molecule has 2 N–H and O–H groups in total. The van der Waals surface area contributed by atoms with Crippen LogP contribution in [-0.4, -0.2) is 31.8 Å². The van der Waals surface area contributed by atoms with E-state index in [1.165, 1.54) is 6.33 Å². The second kappa shape index (κ2) is 7.41. The highest BCUT2D eigenvalue weighted by Crippen LogP contribution is 2.48. The standard InChI is InChI=1S/C24H24N6O3/c1-14-9-17-18(12-25-14)26-13-27-22(17)32-16-3-4-19-15(10-16)5-8-30(19)23(31)28-21-11-20(33-29-21)24(2)6-7-24/h3-5,8,10-11,13-14,25H,6-7,9,12H2,1-2H3,(H,28,29,31)/t14-/m0/s1. The van der Waals surface area contributed by atoms with Crippen molar-refractivity contribution < 1.29 is 14.1 Å². The summed E-state index contributed by atoms with van der Waals surface area (Å²) in [6, 6.07) is 9.33. The summed E-state index contributed by atoms with van der Waals surface area (Å²) in [6.07, 6.45) is 6.23. The number of anilines is 1. The predicted molar refractivity (Wildman–Crippen MR) is 122 cm³/mol. The van der Waals surface area contributed by atoms with E-state index in [-0.39, 0.29) is 11.4 Å². The van der Waals surface area contributed by atoms with Crippen molar-refractivity contribution in [1.82, 2.24) is 25.0 Å². The summed E-state index contributed by atoms with van der Waals surface area (Å²) in [5.74, 6) is 2.47. The van der Waals surface area contributed by atoms with Crippen LogP contribution in [0, 0.1) is 0 Å². The maximum Gasteiger partial charge on any atom is 0.331 e. The number of hydrogen-bond donors (Lipinski definition) is 2. The van der Waals surface area contributed by atoms with Crippen molar-refractivity contribution in [2.75, 3.05) is 5.32 Å². The van der Waals surface area contributed by atoms with Crippen molar-refractivity contribution in [3.63, 3.8) is 0 Å². The van der Waals surface area contributed by atoms with Crippen LogP contribution < -0.4 is 15.4 Å². The maximum atomic E-state index is 12.8. The van der Waals surface area contributed by atoms with E-state index in [2.05, 4.69) is 39.6 Å². The van der Waals surface area contributed by atoms with Crippen molar-refractivity contribution in [2.24, 2.45) is 0 Å². The molecule has 9 nitrogen and oxygen atoms in total. The molecule has 33 heavy (non-hydrogen) atoms. The molecule has 4 heterocycles. The van der Waals surface area contributed by atoms with Gasteiger partial charge in [-0.15, -0.1) is 0 Å². The number of nitrogens with one attached hydrogen (secondary N) is 2. The molecule has 1 atom stereocenters. The van der Waals surface area contributed by atoms with Crippen LogP contribution in [-0.2, 0) is 18.4 Å². The SMILES string of the molecule is C[C@H]1Cc2c(ncnc2Oc2ccc3c(ccn3C(=O)Nc3cc(C4(C)CC4)on3)c2)CN1. The molecular formula is C24H24N6O3. The quantitative estimate of drug-likeness (QED) is 0.481. The lowest BCUT2D eigenvalue weighted by atomic mass is 10.0. The summed E-state index contributed by atoms with van der Waals surface area (Å²) in [7, 11) is 0. The predicted octanol–water partition coefficient (Wildman–Crippen LogP) is 4.38. The summed E-state index contributed by atoms with van der Waals surface area (Å²) in [5.41, 5.74) is 2.83. The lowest BCUT2D eigenvalue weighted by Crippen LogP contribution is -2.33. The van der Waals surface area contributed by atoms with Crippen molar-refractivity contribution in [1.29, 1.82) is 0 Å². The maximum absolute atomic E-state index is 12.8. The highest BCUT2D eigenvalue weighted by atomic mass is 16.5. The fraction of sp³-hybridized carbons (Fsp3) is 0.333. The normalized spacial score (nSPS) is 18.7. The highest BCUT2D eigenvalue weighted by molar-refractivity contribution is 5.98. The third kappa shape index (κ3) is 3.64. The van der Waals surface area contributed by atoms with Crippen LogP contribution in [0.5, 0.6) is 11.6 Å². The Labute approximate surface area is 190 Å². The molecule has 1 aliphatic heterocycles. The molecule has 0 spiro atoms. The summed E-state index contributed by atoms with van der Waals surface area (Å²) in [4.78, 5) is 21.6. The number of carbonyl (C=O) groups excluding carboxylic acids is 1. The Morgan fingerprint density at radius 1 is 1.27 bits per heavy atom. The first-order chi connectivity index (χ1) is 16.0. The van der Waals surface area contributed by atoms with E-state index in [1.807, 2.05) is 24.3 Å². The second-order valence-electron chi connectivity index (χ2n) is 9.17. The number of aromatic nitrogens is 4. The van der Waals surface area contributed by atoms with Gasteiger partial charge in [0.2, 0.25) is 5.88 Å². The van der Waals surface area contributed by atoms with Crippen LogP contribution in [0.15, 0.2) is 47.4 Å². The smallest absolute Gasteiger partial charge is 0.331 e. The molecule has 0 saturated heterocycles. The zero-order chi connectivity index (χ0) is 22.6. The molecule has 2 aliphatic rings. The van der Waals surface area contributed by atoms with E-state index in [1.54, 1.807) is 16.8 Å². The third-order valence-corrected chi connectivity index (χ3v) is 6.56. The van der Waals surface area contributed by atoms with E-state index in [0.29, 0.717) is 30.0 Å². The summed E-state index contributed by atoms with van der Waals surface area (Å²) in [5, 5.41) is 11.1. The second-order valence-corrected chi connectivity index (χ2v) is 9.17. The first-order valence-electron chi connectivity index (χ1n) is 11.1. The van der Waals surface area contributed by atoms with E-state index < -0.39 is 0 Å². The van der Waals surface area contributed by atoms with E-state index in [4.69, 9.17) is 9.26 Å². The molecule has 1 amide bonds. The number of fused-ring (bicyclic) bond motifs is 2. The minimum atomic E-state index is -0.300. The number of nitrogens with zero attached hydrogens (tertiary/aromatic N) is 4. The third-order valence-electron chi connectivity index (χ3n) is 6.56. The molecule has 0 radical (unpaired) electrons. The Balaban J connectivity index is 1.22. The van der Waals surface area contributed by atoms with Gasteiger partial charge < -0.3 is 14.6 Å². The molecular weight excluding hydrogens is 420 g/mol. The van der Waals surface area contributed by atoms with Crippen molar-refractivity contribution in [2.45, 2.75) is 51.1 Å². The molecule has 1 saturated carbocycles. The van der Waals surface area contributed by atoms with Gasteiger partial charge in [0.05, 0.1) is 11.2 Å². The van der Waals surface area contributed by atoms with Gasteiger partial charge in [-0.05, 0) is 50.5 Å². The van der Waals surface area contributed by atoms with Crippen LogP contribution in [0.2, 0.25) is 0 Å². The number of hydrogen-bond acceptors (Lipinski definition) is 7. The van der Waals surface area contributed by atoms with E-state index >= 15 is 0 Å². The first-order valence-corrected chi connectivity index (χ1v) is 11.1.